The van der Waals surface area contributed by atoms with Gasteiger partial charge in [-0.2, -0.15) is 0 Å². The van der Waals surface area contributed by atoms with E-state index in [2.05, 4.69) is 9.71 Å². The van der Waals surface area contributed by atoms with Gasteiger partial charge in [0.25, 0.3) is 0 Å². The van der Waals surface area contributed by atoms with Crippen LogP contribution in [0.1, 0.15) is 40.3 Å². The lowest BCUT2D eigenvalue weighted by Gasteiger charge is -2.30. The summed E-state index contributed by atoms with van der Waals surface area (Å²) in [5, 5.41) is 0. The fourth-order valence-electron chi connectivity index (χ4n) is 2.22. The first-order valence-electron chi connectivity index (χ1n) is 7.57. The van der Waals surface area contributed by atoms with E-state index in [1.54, 1.807) is 6.20 Å². The van der Waals surface area contributed by atoms with Crippen LogP contribution in [0, 0.1) is 0 Å². The predicted octanol–water partition coefficient (Wildman–Crippen LogP) is 2.20. The Labute approximate surface area is 136 Å². The van der Waals surface area contributed by atoms with Gasteiger partial charge in [0.1, 0.15) is 10.9 Å². The molecule has 2 heterocycles. The standard InChI is InChI=1S/C16H26N2O3S/c1-15(2,3)22(19)18-13(10-12-8-6-7-9-17-12)14-11-20-16(4,5)21-14/h6-9,13-14,18H,10-11H2,1-5H3/t13?,14-,22?/m1/s1. The Hall–Kier alpha value is -0.660. The number of pyridine rings is 1. The maximum Gasteiger partial charge on any atom is 0.163 e. The van der Waals surface area contributed by atoms with Gasteiger partial charge >= 0.3 is 0 Å². The van der Waals surface area contributed by atoms with Crippen LogP contribution >= 0.6 is 0 Å². The molecule has 6 heteroatoms. The number of hydrogen-bond donors (Lipinski definition) is 1. The maximum absolute atomic E-state index is 12.5. The summed E-state index contributed by atoms with van der Waals surface area (Å²) < 4.78 is 26.9. The van der Waals surface area contributed by atoms with Crippen molar-refractivity contribution in [1.29, 1.82) is 0 Å². The molecule has 22 heavy (non-hydrogen) atoms. The molecule has 1 saturated heterocycles. The van der Waals surface area contributed by atoms with Crippen LogP contribution in [0.15, 0.2) is 24.4 Å². The lowest BCUT2D eigenvalue weighted by atomic mass is 10.1. The summed E-state index contributed by atoms with van der Waals surface area (Å²) in [4.78, 5) is 4.36. The summed E-state index contributed by atoms with van der Waals surface area (Å²) in [7, 11) is 0. The van der Waals surface area contributed by atoms with Crippen molar-refractivity contribution in [2.75, 3.05) is 6.61 Å². The van der Waals surface area contributed by atoms with E-state index in [4.69, 9.17) is 9.47 Å². The Morgan fingerprint density at radius 2 is 2.18 bits per heavy atom. The third-order valence-corrected chi connectivity index (χ3v) is 5.08. The molecule has 0 aromatic carbocycles. The molecule has 0 bridgehead atoms. The minimum Gasteiger partial charge on any atom is -0.598 e. The summed E-state index contributed by atoms with van der Waals surface area (Å²) >= 11 is -1.18. The van der Waals surface area contributed by atoms with Crippen LogP contribution in [0.3, 0.4) is 0 Å². The van der Waals surface area contributed by atoms with Gasteiger partial charge in [0.15, 0.2) is 5.79 Å². The highest BCUT2D eigenvalue weighted by Crippen LogP contribution is 2.26. The number of aromatic nitrogens is 1. The number of hydrogen-bond acceptors (Lipinski definition) is 5. The molecule has 0 radical (unpaired) electrons. The second-order valence-electron chi connectivity index (χ2n) is 7.00. The molecule has 1 N–H and O–H groups in total. The zero-order valence-corrected chi connectivity index (χ0v) is 14.8. The highest BCUT2D eigenvalue weighted by atomic mass is 32.2. The Morgan fingerprint density at radius 3 is 2.68 bits per heavy atom. The summed E-state index contributed by atoms with van der Waals surface area (Å²) in [5.74, 6) is -0.599. The zero-order valence-electron chi connectivity index (χ0n) is 14.0. The van der Waals surface area contributed by atoms with Crippen molar-refractivity contribution < 1.29 is 14.0 Å². The van der Waals surface area contributed by atoms with Gasteiger partial charge in [-0.25, -0.2) is 0 Å². The summed E-state index contributed by atoms with van der Waals surface area (Å²) in [6.07, 6.45) is 2.26. The molecule has 1 aliphatic heterocycles. The first-order valence-corrected chi connectivity index (χ1v) is 8.72. The molecule has 0 amide bonds. The molecule has 0 saturated carbocycles. The number of rotatable bonds is 5. The molecule has 1 aliphatic rings. The normalized spacial score (nSPS) is 24.2. The molecular formula is C16H26N2O3S. The third kappa shape index (κ3) is 4.93. The van der Waals surface area contributed by atoms with Crippen molar-refractivity contribution in [2.45, 2.75) is 63.7 Å². The highest BCUT2D eigenvalue weighted by molar-refractivity contribution is 7.90. The Balaban J connectivity index is 2.10. The van der Waals surface area contributed by atoms with Crippen LogP contribution in [-0.2, 0) is 27.3 Å². The van der Waals surface area contributed by atoms with Crippen molar-refractivity contribution in [3.05, 3.63) is 30.1 Å². The van der Waals surface area contributed by atoms with E-state index >= 15 is 0 Å². The molecule has 124 valence electrons. The van der Waals surface area contributed by atoms with Crippen LogP contribution in [-0.4, -0.2) is 38.8 Å². The van der Waals surface area contributed by atoms with E-state index in [-0.39, 0.29) is 16.9 Å². The summed E-state index contributed by atoms with van der Waals surface area (Å²) in [5.41, 5.74) is 0.944. The molecule has 1 aromatic heterocycles. The Kier molecular flexibility index (Phi) is 5.50. The van der Waals surface area contributed by atoms with E-state index in [0.717, 1.165) is 5.69 Å². The number of nitrogens with zero attached hydrogens (tertiary/aromatic N) is 1. The van der Waals surface area contributed by atoms with E-state index in [9.17, 15) is 4.55 Å². The molecule has 2 unspecified atom stereocenters. The van der Waals surface area contributed by atoms with E-state index in [0.29, 0.717) is 13.0 Å². The second kappa shape index (κ2) is 6.84. The van der Waals surface area contributed by atoms with Crippen LogP contribution < -0.4 is 4.72 Å². The highest BCUT2D eigenvalue weighted by Gasteiger charge is 2.40. The van der Waals surface area contributed by atoms with E-state index < -0.39 is 17.1 Å². The smallest absolute Gasteiger partial charge is 0.163 e. The monoisotopic (exact) mass is 326 g/mol. The molecule has 0 aliphatic carbocycles. The van der Waals surface area contributed by atoms with Gasteiger partial charge in [0.05, 0.1) is 12.6 Å². The SMILES string of the molecule is CC1(C)OC[C@H](C(Cc2ccccn2)N[S+]([O-])C(C)(C)C)O1. The van der Waals surface area contributed by atoms with Crippen LogP contribution in [0.2, 0.25) is 0 Å². The Morgan fingerprint density at radius 1 is 1.45 bits per heavy atom. The fraction of sp³-hybridized carbons (Fsp3) is 0.688. The molecule has 3 atom stereocenters. The van der Waals surface area contributed by atoms with Crippen LogP contribution in [0.5, 0.6) is 0 Å². The molecule has 1 fully saturated rings. The number of nitrogens with one attached hydrogen (secondary N) is 1. The second-order valence-corrected chi connectivity index (χ2v) is 9.00. The van der Waals surface area contributed by atoms with Crippen molar-refractivity contribution >= 4 is 11.4 Å². The summed E-state index contributed by atoms with van der Waals surface area (Å²) in [6.45, 7) is 10.1. The lowest BCUT2D eigenvalue weighted by Crippen LogP contribution is -2.51. The van der Waals surface area contributed by atoms with Crippen LogP contribution in [0.25, 0.3) is 0 Å². The fourth-order valence-corrected chi connectivity index (χ4v) is 3.08. The topological polar surface area (TPSA) is 66.4 Å². The first kappa shape index (κ1) is 17.7. The maximum atomic E-state index is 12.5. The Bertz CT molecular complexity index is 476. The van der Waals surface area contributed by atoms with Gasteiger partial charge in [-0.1, -0.05) is 6.07 Å². The first-order chi connectivity index (χ1) is 10.2. The van der Waals surface area contributed by atoms with Crippen molar-refractivity contribution in [3.63, 3.8) is 0 Å². The molecule has 1 aromatic rings. The van der Waals surface area contributed by atoms with Gasteiger partial charge in [0, 0.05) is 29.7 Å². The lowest BCUT2D eigenvalue weighted by molar-refractivity contribution is -0.141. The van der Waals surface area contributed by atoms with Gasteiger partial charge in [-0.05, 0) is 46.8 Å². The van der Waals surface area contributed by atoms with Crippen molar-refractivity contribution in [3.8, 4) is 0 Å². The van der Waals surface area contributed by atoms with Gasteiger partial charge in [0.2, 0.25) is 0 Å². The minimum atomic E-state index is -1.18. The summed E-state index contributed by atoms with van der Waals surface area (Å²) in [6, 6.07) is 5.69. The quantitative estimate of drug-likeness (QED) is 0.840. The van der Waals surface area contributed by atoms with Crippen LogP contribution in [0.4, 0.5) is 0 Å². The molecular weight excluding hydrogens is 300 g/mol. The van der Waals surface area contributed by atoms with Gasteiger partial charge < -0.3 is 14.0 Å². The average molecular weight is 326 g/mol. The molecule has 2 rings (SSSR count). The average Bonchev–Trinajstić information content (AvgIpc) is 2.78. The third-order valence-electron chi connectivity index (χ3n) is 3.45. The molecule has 5 nitrogen and oxygen atoms in total. The van der Waals surface area contributed by atoms with Gasteiger partial charge in [-0.3, -0.25) is 4.98 Å². The van der Waals surface area contributed by atoms with Crippen molar-refractivity contribution in [1.82, 2.24) is 9.71 Å². The van der Waals surface area contributed by atoms with Crippen molar-refractivity contribution in [2.24, 2.45) is 0 Å². The zero-order chi connectivity index (χ0) is 16.4. The largest absolute Gasteiger partial charge is 0.598 e. The number of ether oxygens (including phenoxy) is 2. The van der Waals surface area contributed by atoms with Gasteiger partial charge in [-0.15, -0.1) is 4.72 Å². The van der Waals surface area contributed by atoms with E-state index in [1.807, 2.05) is 52.8 Å². The van der Waals surface area contributed by atoms with E-state index in [1.165, 1.54) is 0 Å². The minimum absolute atomic E-state index is 0.114. The molecule has 0 spiro atoms. The predicted molar refractivity (Wildman–Crippen MR) is 87.7 cm³/mol.